The Bertz CT molecular complexity index is 886. The van der Waals surface area contributed by atoms with Gasteiger partial charge in [-0.3, -0.25) is 9.59 Å². The Kier molecular flexibility index (Phi) is 6.19. The van der Waals surface area contributed by atoms with Crippen LogP contribution in [0.5, 0.6) is 0 Å². The normalized spacial score (nSPS) is 11.8. The van der Waals surface area contributed by atoms with Gasteiger partial charge in [0.15, 0.2) is 6.04 Å². The molecule has 0 aliphatic carbocycles. The molecule has 5 heteroatoms. The molecular weight excluding hydrogens is 350 g/mol. The fourth-order valence-electron chi connectivity index (χ4n) is 3.09. The van der Waals surface area contributed by atoms with Crippen molar-refractivity contribution in [1.29, 1.82) is 0 Å². The lowest BCUT2D eigenvalue weighted by Crippen LogP contribution is -2.92. The first-order chi connectivity index (χ1) is 13.5. The van der Waals surface area contributed by atoms with Gasteiger partial charge in [-0.15, -0.1) is 0 Å². The minimum atomic E-state index is -0.492. The summed E-state index contributed by atoms with van der Waals surface area (Å²) in [4.78, 5) is 23.9. The molecule has 2 amide bonds. The zero-order chi connectivity index (χ0) is 19.9. The average Bonchev–Trinajstić information content (AvgIpc) is 2.73. The monoisotopic (exact) mass is 374 g/mol. The molecule has 142 valence electrons. The van der Waals surface area contributed by atoms with Crippen LogP contribution in [0.15, 0.2) is 84.9 Å². The molecule has 0 unspecified atom stereocenters. The first-order valence-corrected chi connectivity index (χ1v) is 9.20. The molecule has 1 atom stereocenters. The van der Waals surface area contributed by atoms with Crippen molar-refractivity contribution in [3.63, 3.8) is 0 Å². The molecule has 0 heterocycles. The van der Waals surface area contributed by atoms with Gasteiger partial charge in [-0.05, 0) is 31.2 Å². The predicted octanol–water partition coefficient (Wildman–Crippen LogP) is 2.47. The van der Waals surface area contributed by atoms with Gasteiger partial charge in [0.05, 0.1) is 0 Å². The molecule has 0 saturated heterocycles. The zero-order valence-electron chi connectivity index (χ0n) is 15.7. The van der Waals surface area contributed by atoms with Crippen molar-refractivity contribution in [2.45, 2.75) is 19.0 Å². The molecule has 3 aromatic carbocycles. The Hall–Kier alpha value is -3.44. The van der Waals surface area contributed by atoms with Crippen molar-refractivity contribution in [3.8, 4) is 0 Å². The Morgan fingerprint density at radius 3 is 1.79 bits per heavy atom. The third-order valence-corrected chi connectivity index (χ3v) is 4.65. The second-order valence-corrected chi connectivity index (χ2v) is 6.71. The Labute approximate surface area is 164 Å². The van der Waals surface area contributed by atoms with Gasteiger partial charge in [0.1, 0.15) is 6.04 Å². The van der Waals surface area contributed by atoms with Gasteiger partial charge in [0.25, 0.3) is 5.91 Å². The Balaban J connectivity index is 1.73. The lowest BCUT2D eigenvalue weighted by atomic mass is 9.98. The first-order valence-electron chi connectivity index (χ1n) is 9.20. The highest BCUT2D eigenvalue weighted by atomic mass is 16.2. The van der Waals surface area contributed by atoms with Gasteiger partial charge in [-0.1, -0.05) is 60.7 Å². The molecule has 0 aliphatic rings. The van der Waals surface area contributed by atoms with E-state index in [0.717, 1.165) is 11.1 Å². The van der Waals surface area contributed by atoms with E-state index in [1.54, 1.807) is 24.3 Å². The van der Waals surface area contributed by atoms with Gasteiger partial charge < -0.3 is 16.4 Å². The largest absolute Gasteiger partial charge is 0.366 e. The number of primary amides is 1. The van der Waals surface area contributed by atoms with Crippen LogP contribution >= 0.6 is 0 Å². The Morgan fingerprint density at radius 2 is 1.32 bits per heavy atom. The van der Waals surface area contributed by atoms with Crippen molar-refractivity contribution < 1.29 is 14.9 Å². The molecule has 0 radical (unpaired) electrons. The summed E-state index contributed by atoms with van der Waals surface area (Å²) in [6.45, 7) is 1.88. The standard InChI is InChI=1S/C23H23N3O2/c1-16(23(28)26-20-14-12-19(13-15-20)22(24)27)25-21(17-8-4-2-5-9-17)18-10-6-3-7-11-18/h2-16,21,25H,1H3,(H2,24,27)(H,26,28)/p+1/t16-/m0/s1. The average molecular weight is 374 g/mol. The smallest absolute Gasteiger partial charge is 0.282 e. The van der Waals surface area contributed by atoms with Crippen LogP contribution in [0.25, 0.3) is 0 Å². The van der Waals surface area contributed by atoms with Gasteiger partial charge >= 0.3 is 0 Å². The van der Waals surface area contributed by atoms with E-state index in [-0.39, 0.29) is 18.0 Å². The van der Waals surface area contributed by atoms with Crippen LogP contribution in [-0.2, 0) is 4.79 Å². The number of carbonyl (C=O) groups excluding carboxylic acids is 2. The molecule has 0 saturated carbocycles. The summed E-state index contributed by atoms with van der Waals surface area (Å²) in [6.07, 6.45) is 0. The fraction of sp³-hybridized carbons (Fsp3) is 0.130. The molecule has 5 N–H and O–H groups in total. The molecule has 0 aromatic heterocycles. The minimum Gasteiger partial charge on any atom is -0.366 e. The number of anilines is 1. The van der Waals surface area contributed by atoms with E-state index in [2.05, 4.69) is 34.9 Å². The number of rotatable bonds is 7. The van der Waals surface area contributed by atoms with Crippen LogP contribution < -0.4 is 16.4 Å². The predicted molar refractivity (Wildman–Crippen MR) is 110 cm³/mol. The van der Waals surface area contributed by atoms with E-state index in [9.17, 15) is 9.59 Å². The van der Waals surface area contributed by atoms with Crippen molar-refractivity contribution in [1.82, 2.24) is 0 Å². The highest BCUT2D eigenvalue weighted by Crippen LogP contribution is 2.18. The number of hydrogen-bond donors (Lipinski definition) is 3. The summed E-state index contributed by atoms with van der Waals surface area (Å²) in [5.41, 5.74) is 8.56. The zero-order valence-corrected chi connectivity index (χ0v) is 15.7. The second kappa shape index (κ2) is 8.97. The van der Waals surface area contributed by atoms with Gasteiger partial charge in [0, 0.05) is 22.4 Å². The van der Waals surface area contributed by atoms with Gasteiger partial charge in [-0.25, -0.2) is 0 Å². The summed E-state index contributed by atoms with van der Waals surface area (Å²) < 4.78 is 0. The number of benzene rings is 3. The lowest BCUT2D eigenvalue weighted by molar-refractivity contribution is -0.704. The van der Waals surface area contributed by atoms with Crippen LogP contribution in [-0.4, -0.2) is 17.9 Å². The molecule has 28 heavy (non-hydrogen) atoms. The van der Waals surface area contributed by atoms with Gasteiger partial charge in [0.2, 0.25) is 5.91 Å². The second-order valence-electron chi connectivity index (χ2n) is 6.71. The maximum absolute atomic E-state index is 12.7. The summed E-state index contributed by atoms with van der Waals surface area (Å²) in [5, 5.41) is 4.95. The van der Waals surface area contributed by atoms with Crippen LogP contribution in [0.3, 0.4) is 0 Å². The third kappa shape index (κ3) is 4.84. The third-order valence-electron chi connectivity index (χ3n) is 4.65. The van der Waals surface area contributed by atoms with Crippen molar-refractivity contribution in [2.24, 2.45) is 5.73 Å². The van der Waals surface area contributed by atoms with Crippen molar-refractivity contribution >= 4 is 17.5 Å². The summed E-state index contributed by atoms with van der Waals surface area (Å²) in [6, 6.07) is 26.5. The highest BCUT2D eigenvalue weighted by molar-refractivity contribution is 5.95. The number of quaternary nitrogens is 1. The number of nitrogens with one attached hydrogen (secondary N) is 1. The molecule has 3 rings (SSSR count). The van der Waals surface area contributed by atoms with Crippen LogP contribution in [0.2, 0.25) is 0 Å². The maximum Gasteiger partial charge on any atom is 0.282 e. The number of nitrogens with two attached hydrogens (primary N) is 2. The molecule has 3 aromatic rings. The maximum atomic E-state index is 12.7. The Morgan fingerprint density at radius 1 is 0.821 bits per heavy atom. The summed E-state index contributed by atoms with van der Waals surface area (Å²) in [5.74, 6) is -0.600. The molecule has 5 nitrogen and oxygen atoms in total. The highest BCUT2D eigenvalue weighted by Gasteiger charge is 2.24. The molecule has 0 bridgehead atoms. The van der Waals surface area contributed by atoms with E-state index in [1.807, 2.05) is 43.3 Å². The SMILES string of the molecule is C[C@H]([NH2+]C(c1ccccc1)c1ccccc1)C(=O)Nc1ccc(C(N)=O)cc1. The van der Waals surface area contributed by atoms with Crippen LogP contribution in [0.1, 0.15) is 34.5 Å². The van der Waals surface area contributed by atoms with E-state index >= 15 is 0 Å². The molecular formula is C23H24N3O2+. The van der Waals surface area contributed by atoms with E-state index in [1.165, 1.54) is 0 Å². The van der Waals surface area contributed by atoms with Crippen molar-refractivity contribution in [3.05, 3.63) is 102 Å². The minimum absolute atomic E-state index is 0.0142. The van der Waals surface area contributed by atoms with Crippen LogP contribution in [0, 0.1) is 0 Å². The quantitative estimate of drug-likeness (QED) is 0.593. The fourth-order valence-corrected chi connectivity index (χ4v) is 3.09. The summed E-state index contributed by atoms with van der Waals surface area (Å²) >= 11 is 0. The number of carbonyl (C=O) groups is 2. The number of hydrogen-bond acceptors (Lipinski definition) is 2. The van der Waals surface area contributed by atoms with Crippen LogP contribution in [0.4, 0.5) is 5.69 Å². The first kappa shape index (κ1) is 19.3. The van der Waals surface area contributed by atoms with E-state index in [4.69, 9.17) is 5.73 Å². The van der Waals surface area contributed by atoms with Crippen molar-refractivity contribution in [2.75, 3.05) is 5.32 Å². The van der Waals surface area contributed by atoms with E-state index in [0.29, 0.717) is 11.3 Å². The van der Waals surface area contributed by atoms with Gasteiger partial charge in [-0.2, -0.15) is 0 Å². The van der Waals surface area contributed by atoms with E-state index < -0.39 is 5.91 Å². The summed E-state index contributed by atoms with van der Waals surface area (Å²) in [7, 11) is 0. The topological polar surface area (TPSA) is 88.8 Å². The number of amides is 2. The molecule has 0 fully saturated rings. The lowest BCUT2D eigenvalue weighted by Gasteiger charge is -2.20. The molecule has 0 aliphatic heterocycles. The molecule has 0 spiro atoms.